The van der Waals surface area contributed by atoms with Crippen molar-refractivity contribution in [2.24, 2.45) is 5.92 Å². The predicted molar refractivity (Wildman–Crippen MR) is 143 cm³/mol. The fourth-order valence-corrected chi connectivity index (χ4v) is 5.73. The molecule has 1 aliphatic carbocycles. The Morgan fingerprint density at radius 1 is 1.03 bits per heavy atom. The van der Waals surface area contributed by atoms with E-state index in [0.717, 1.165) is 60.4 Å². The molecule has 2 atom stereocenters. The van der Waals surface area contributed by atoms with Gasteiger partial charge >= 0.3 is 0 Å². The van der Waals surface area contributed by atoms with Gasteiger partial charge in [0.15, 0.2) is 0 Å². The number of piperidine rings is 1. The van der Waals surface area contributed by atoms with Crippen LogP contribution in [-0.2, 0) is 0 Å². The molecule has 0 bridgehead atoms. The lowest BCUT2D eigenvalue weighted by molar-refractivity contribution is 0.0556. The lowest BCUT2D eigenvalue weighted by Gasteiger charge is -2.44. The number of hydrogen-bond donors (Lipinski definition) is 0. The third-order valence-corrected chi connectivity index (χ3v) is 7.56. The fraction of sp³-hybridized carbons (Fsp3) is 0.355. The molecule has 4 nitrogen and oxygen atoms in total. The molecule has 0 N–H and O–H groups in total. The van der Waals surface area contributed by atoms with Crippen molar-refractivity contribution >= 4 is 5.91 Å². The number of likely N-dealkylation sites (tertiary alicyclic amines) is 1. The standard InChI is InChI=1S/C31H35N3O/c1-3-4-7-20-28-27-19-13-12-14-24(27)21-22-33(28)31(35)29-23(2)34(26-17-10-6-11-18-26)32-30(29)25-15-8-5-9-16-25/h5-6,8-18,27-28H,3-4,7,19-22H2,1-2H3. The summed E-state index contributed by atoms with van der Waals surface area (Å²) in [5, 5.41) is 4.99. The first-order chi connectivity index (χ1) is 17.2. The molecule has 2 heterocycles. The zero-order chi connectivity index (χ0) is 24.2. The monoisotopic (exact) mass is 465 g/mol. The Morgan fingerprint density at radius 3 is 2.51 bits per heavy atom. The minimum Gasteiger partial charge on any atom is -0.335 e. The van der Waals surface area contributed by atoms with E-state index < -0.39 is 0 Å². The van der Waals surface area contributed by atoms with Crippen LogP contribution >= 0.6 is 0 Å². The van der Waals surface area contributed by atoms with Crippen molar-refractivity contribution in [2.75, 3.05) is 6.54 Å². The Balaban J connectivity index is 1.57. The maximum Gasteiger partial charge on any atom is 0.258 e. The molecule has 180 valence electrons. The maximum atomic E-state index is 14.4. The van der Waals surface area contributed by atoms with Gasteiger partial charge < -0.3 is 4.90 Å². The zero-order valence-corrected chi connectivity index (χ0v) is 20.9. The van der Waals surface area contributed by atoms with Crippen LogP contribution in [0.1, 0.15) is 61.5 Å². The van der Waals surface area contributed by atoms with E-state index >= 15 is 0 Å². The third-order valence-electron chi connectivity index (χ3n) is 7.56. The van der Waals surface area contributed by atoms with E-state index in [1.54, 1.807) is 0 Å². The highest BCUT2D eigenvalue weighted by atomic mass is 16.2. The van der Waals surface area contributed by atoms with Crippen LogP contribution in [0.25, 0.3) is 16.9 Å². The maximum absolute atomic E-state index is 14.4. The average Bonchev–Trinajstić information content (AvgIpc) is 3.26. The second-order valence-corrected chi connectivity index (χ2v) is 9.75. The number of amides is 1. The quantitative estimate of drug-likeness (QED) is 0.348. The van der Waals surface area contributed by atoms with Crippen molar-refractivity contribution < 1.29 is 4.79 Å². The summed E-state index contributed by atoms with van der Waals surface area (Å²) in [4.78, 5) is 16.6. The van der Waals surface area contributed by atoms with Crippen molar-refractivity contribution in [1.82, 2.24) is 14.7 Å². The molecule has 0 radical (unpaired) electrons. The predicted octanol–water partition coefficient (Wildman–Crippen LogP) is 7.15. The number of unbranched alkanes of at least 4 members (excludes halogenated alkanes) is 2. The molecular formula is C31H35N3O. The van der Waals surface area contributed by atoms with E-state index in [1.165, 1.54) is 18.4 Å². The molecule has 3 aromatic rings. The fourth-order valence-electron chi connectivity index (χ4n) is 5.73. The number of aromatic nitrogens is 2. The summed E-state index contributed by atoms with van der Waals surface area (Å²) in [5.41, 5.74) is 5.88. The summed E-state index contributed by atoms with van der Waals surface area (Å²) in [5.74, 6) is 0.554. The minimum absolute atomic E-state index is 0.124. The van der Waals surface area contributed by atoms with Gasteiger partial charge in [0.05, 0.1) is 16.9 Å². The normalized spacial score (nSPS) is 19.4. The van der Waals surface area contributed by atoms with Gasteiger partial charge in [0.2, 0.25) is 0 Å². The van der Waals surface area contributed by atoms with Crippen LogP contribution in [0.5, 0.6) is 0 Å². The van der Waals surface area contributed by atoms with Crippen LogP contribution in [0.15, 0.2) is 84.5 Å². The lowest BCUT2D eigenvalue weighted by atomic mass is 9.77. The number of benzene rings is 2. The molecule has 35 heavy (non-hydrogen) atoms. The second-order valence-electron chi connectivity index (χ2n) is 9.75. The van der Waals surface area contributed by atoms with E-state index in [4.69, 9.17) is 5.10 Å². The number of nitrogens with zero attached hydrogens (tertiary/aromatic N) is 3. The number of carbonyl (C=O) groups is 1. The summed E-state index contributed by atoms with van der Waals surface area (Å²) in [6.07, 6.45) is 13.3. The molecule has 1 fully saturated rings. The molecule has 2 aliphatic rings. The van der Waals surface area contributed by atoms with Crippen LogP contribution in [0.3, 0.4) is 0 Å². The van der Waals surface area contributed by atoms with Crippen molar-refractivity contribution in [3.8, 4) is 16.9 Å². The highest BCUT2D eigenvalue weighted by Gasteiger charge is 2.38. The number of para-hydroxylation sites is 1. The number of hydrogen-bond acceptors (Lipinski definition) is 2. The zero-order valence-electron chi connectivity index (χ0n) is 20.9. The van der Waals surface area contributed by atoms with Gasteiger partial charge in [-0.05, 0) is 38.3 Å². The Bertz CT molecular complexity index is 1220. The molecular weight excluding hydrogens is 430 g/mol. The Labute approximate surface area is 209 Å². The van der Waals surface area contributed by atoms with E-state index in [9.17, 15) is 4.79 Å². The molecule has 0 spiro atoms. The summed E-state index contributed by atoms with van der Waals surface area (Å²) in [6, 6.07) is 20.5. The molecule has 2 aromatic carbocycles. The highest BCUT2D eigenvalue weighted by molar-refractivity contribution is 6.01. The van der Waals surface area contributed by atoms with Crippen LogP contribution in [0.2, 0.25) is 0 Å². The number of carbonyl (C=O) groups excluding carboxylic acids is 1. The van der Waals surface area contributed by atoms with Crippen molar-refractivity contribution in [3.63, 3.8) is 0 Å². The summed E-state index contributed by atoms with van der Waals surface area (Å²) in [6.45, 7) is 5.05. The van der Waals surface area contributed by atoms with Gasteiger partial charge in [0.1, 0.15) is 5.69 Å². The first-order valence-corrected chi connectivity index (χ1v) is 13.1. The number of fused-ring (bicyclic) bond motifs is 1. The Morgan fingerprint density at radius 2 is 1.77 bits per heavy atom. The van der Waals surface area contributed by atoms with Crippen LogP contribution in [-0.4, -0.2) is 33.2 Å². The molecule has 0 saturated carbocycles. The Hall–Kier alpha value is -3.40. The van der Waals surface area contributed by atoms with Crippen LogP contribution in [0, 0.1) is 12.8 Å². The lowest BCUT2D eigenvalue weighted by Crippen LogP contribution is -2.49. The topological polar surface area (TPSA) is 38.1 Å². The van der Waals surface area contributed by atoms with E-state index in [2.05, 4.69) is 42.2 Å². The number of rotatable bonds is 7. The van der Waals surface area contributed by atoms with Gasteiger partial charge in [0, 0.05) is 24.1 Å². The van der Waals surface area contributed by atoms with Crippen molar-refractivity contribution in [1.29, 1.82) is 0 Å². The van der Waals surface area contributed by atoms with Gasteiger partial charge in [-0.15, -0.1) is 0 Å². The highest BCUT2D eigenvalue weighted by Crippen LogP contribution is 2.38. The number of allylic oxidation sites excluding steroid dienone is 3. The first-order valence-electron chi connectivity index (χ1n) is 13.1. The van der Waals surface area contributed by atoms with Gasteiger partial charge in [-0.1, -0.05) is 98.5 Å². The summed E-state index contributed by atoms with van der Waals surface area (Å²) in [7, 11) is 0. The third kappa shape index (κ3) is 4.62. The van der Waals surface area contributed by atoms with E-state index in [0.29, 0.717) is 5.92 Å². The SMILES string of the molecule is CCCCCC1C2CC=CC=C2CCN1C(=O)c1c(-c2ccccc2)nn(-c2ccccc2)c1C. The van der Waals surface area contributed by atoms with E-state index in [-0.39, 0.29) is 11.9 Å². The largest absolute Gasteiger partial charge is 0.335 e. The molecule has 1 aliphatic heterocycles. The van der Waals surface area contributed by atoms with Crippen molar-refractivity contribution in [3.05, 3.63) is 95.7 Å². The van der Waals surface area contributed by atoms with Gasteiger partial charge in [-0.25, -0.2) is 4.68 Å². The molecule has 2 unspecified atom stereocenters. The Kier molecular flexibility index (Phi) is 6.98. The van der Waals surface area contributed by atoms with Crippen molar-refractivity contribution in [2.45, 2.75) is 58.4 Å². The summed E-state index contributed by atoms with van der Waals surface area (Å²) < 4.78 is 1.93. The summed E-state index contributed by atoms with van der Waals surface area (Å²) >= 11 is 0. The van der Waals surface area contributed by atoms with Crippen LogP contribution < -0.4 is 0 Å². The van der Waals surface area contributed by atoms with Gasteiger partial charge in [-0.3, -0.25) is 4.79 Å². The van der Waals surface area contributed by atoms with E-state index in [1.807, 2.05) is 60.1 Å². The molecule has 4 heteroatoms. The molecule has 1 saturated heterocycles. The molecule has 5 rings (SSSR count). The second kappa shape index (κ2) is 10.5. The molecule has 1 aromatic heterocycles. The van der Waals surface area contributed by atoms with Gasteiger partial charge in [0.25, 0.3) is 5.91 Å². The first kappa shape index (κ1) is 23.3. The smallest absolute Gasteiger partial charge is 0.258 e. The minimum atomic E-state index is 0.124. The van der Waals surface area contributed by atoms with Gasteiger partial charge in [-0.2, -0.15) is 5.10 Å². The average molecular weight is 466 g/mol. The van der Waals surface area contributed by atoms with Crippen LogP contribution in [0.4, 0.5) is 0 Å². The molecule has 1 amide bonds.